The second kappa shape index (κ2) is 5.46. The minimum atomic E-state index is -3.25. The van der Waals surface area contributed by atoms with Gasteiger partial charge in [0.15, 0.2) is 9.84 Å². The number of pyridine rings is 1. The Hall–Kier alpha value is -1.14. The summed E-state index contributed by atoms with van der Waals surface area (Å²) >= 11 is 0. The molecule has 0 fully saturated rings. The van der Waals surface area contributed by atoms with Gasteiger partial charge in [0.05, 0.1) is 0 Å². The first-order valence-electron chi connectivity index (χ1n) is 5.44. The maximum atomic E-state index is 11.6. The van der Waals surface area contributed by atoms with Gasteiger partial charge in [-0.1, -0.05) is 0 Å². The second-order valence-electron chi connectivity index (χ2n) is 4.28. The molecular formula is C11H19N3O2S. The van der Waals surface area contributed by atoms with Gasteiger partial charge in [-0.05, 0) is 25.5 Å². The fourth-order valence-electron chi connectivity index (χ4n) is 1.46. The maximum Gasteiger partial charge on any atom is 0.179 e. The Kier molecular flexibility index (Phi) is 4.47. The van der Waals surface area contributed by atoms with E-state index in [1.165, 1.54) is 6.26 Å². The average Bonchev–Trinajstić information content (AvgIpc) is 2.24. The highest BCUT2D eigenvalue weighted by molar-refractivity contribution is 7.90. The highest BCUT2D eigenvalue weighted by Crippen LogP contribution is 2.21. The number of aromatic nitrogens is 1. The minimum absolute atomic E-state index is 0.0860. The zero-order valence-electron chi connectivity index (χ0n) is 10.4. The zero-order chi connectivity index (χ0) is 13.1. The minimum Gasteiger partial charge on any atom is -0.359 e. The van der Waals surface area contributed by atoms with Crippen molar-refractivity contribution < 1.29 is 8.42 Å². The zero-order valence-corrected chi connectivity index (χ0v) is 11.2. The monoisotopic (exact) mass is 257 g/mol. The van der Waals surface area contributed by atoms with Crippen LogP contribution in [-0.4, -0.2) is 39.3 Å². The third kappa shape index (κ3) is 3.98. The van der Waals surface area contributed by atoms with E-state index in [1.54, 1.807) is 18.3 Å². The van der Waals surface area contributed by atoms with E-state index in [0.717, 1.165) is 6.42 Å². The Labute approximate surface area is 103 Å². The maximum absolute atomic E-state index is 11.6. The number of hydrogen-bond acceptors (Lipinski definition) is 5. The van der Waals surface area contributed by atoms with E-state index in [2.05, 4.69) is 4.98 Å². The van der Waals surface area contributed by atoms with Gasteiger partial charge in [0.2, 0.25) is 0 Å². The molecule has 0 amide bonds. The molecular weight excluding hydrogens is 238 g/mol. The van der Waals surface area contributed by atoms with E-state index in [9.17, 15) is 8.42 Å². The van der Waals surface area contributed by atoms with Crippen molar-refractivity contribution in [2.45, 2.75) is 24.3 Å². The lowest BCUT2D eigenvalue weighted by Gasteiger charge is -2.21. The predicted octanol–water partition coefficient (Wildman–Crippen LogP) is 0.659. The van der Waals surface area contributed by atoms with Crippen molar-refractivity contribution in [3.05, 3.63) is 18.3 Å². The molecule has 1 unspecified atom stereocenters. The Morgan fingerprint density at radius 3 is 2.71 bits per heavy atom. The second-order valence-corrected chi connectivity index (χ2v) is 6.27. The largest absolute Gasteiger partial charge is 0.359 e. The van der Waals surface area contributed by atoms with Gasteiger partial charge in [0, 0.05) is 32.1 Å². The van der Waals surface area contributed by atoms with Crippen LogP contribution in [0.15, 0.2) is 23.2 Å². The summed E-state index contributed by atoms with van der Waals surface area (Å²) in [6, 6.07) is 3.28. The third-order valence-corrected chi connectivity index (χ3v) is 3.55. The highest BCUT2D eigenvalue weighted by Gasteiger charge is 2.16. The molecule has 1 aromatic rings. The van der Waals surface area contributed by atoms with Crippen LogP contribution in [0.25, 0.3) is 0 Å². The van der Waals surface area contributed by atoms with E-state index in [1.807, 2.05) is 18.9 Å². The Balaban J connectivity index is 2.98. The van der Waals surface area contributed by atoms with Gasteiger partial charge in [-0.15, -0.1) is 0 Å². The summed E-state index contributed by atoms with van der Waals surface area (Å²) < 4.78 is 23.2. The van der Waals surface area contributed by atoms with Crippen molar-refractivity contribution in [2.75, 3.05) is 24.7 Å². The standard InChI is InChI=1S/C11H19N3O2S/c1-9(12)6-8-14(2)11-10(17(3,15)16)5-4-7-13-11/h4-5,7,9H,6,8,12H2,1-3H3. The summed E-state index contributed by atoms with van der Waals surface area (Å²) in [5.41, 5.74) is 5.68. The van der Waals surface area contributed by atoms with Gasteiger partial charge >= 0.3 is 0 Å². The van der Waals surface area contributed by atoms with Crippen molar-refractivity contribution in [2.24, 2.45) is 5.73 Å². The molecule has 1 rings (SSSR count). The Morgan fingerprint density at radius 1 is 1.53 bits per heavy atom. The molecule has 0 aromatic carbocycles. The van der Waals surface area contributed by atoms with E-state index in [-0.39, 0.29) is 10.9 Å². The number of nitrogens with two attached hydrogens (primary N) is 1. The summed E-state index contributed by atoms with van der Waals surface area (Å²) in [6.45, 7) is 2.60. The molecule has 96 valence electrons. The third-order valence-electron chi connectivity index (χ3n) is 2.43. The first kappa shape index (κ1) is 13.9. The lowest BCUT2D eigenvalue weighted by atomic mass is 10.2. The van der Waals surface area contributed by atoms with Gasteiger partial charge < -0.3 is 10.6 Å². The lowest BCUT2D eigenvalue weighted by molar-refractivity contribution is 0.600. The summed E-state index contributed by atoms with van der Waals surface area (Å²) in [6.07, 6.45) is 3.57. The van der Waals surface area contributed by atoms with Crippen molar-refractivity contribution in [1.82, 2.24) is 4.98 Å². The lowest BCUT2D eigenvalue weighted by Crippen LogP contribution is -2.27. The normalized spacial score (nSPS) is 13.4. The summed E-state index contributed by atoms with van der Waals surface area (Å²) in [5, 5.41) is 0. The first-order valence-corrected chi connectivity index (χ1v) is 7.33. The van der Waals surface area contributed by atoms with Crippen LogP contribution in [-0.2, 0) is 9.84 Å². The quantitative estimate of drug-likeness (QED) is 0.838. The smallest absolute Gasteiger partial charge is 0.179 e. The molecule has 0 aliphatic carbocycles. The molecule has 0 aliphatic rings. The van der Waals surface area contributed by atoms with Gasteiger partial charge in [0.1, 0.15) is 10.7 Å². The van der Waals surface area contributed by atoms with Crippen LogP contribution in [0, 0.1) is 0 Å². The number of sulfone groups is 1. The van der Waals surface area contributed by atoms with Crippen LogP contribution in [0.3, 0.4) is 0 Å². The number of anilines is 1. The van der Waals surface area contributed by atoms with Crippen LogP contribution in [0.2, 0.25) is 0 Å². The molecule has 0 aliphatic heterocycles. The van der Waals surface area contributed by atoms with E-state index < -0.39 is 9.84 Å². The molecule has 0 saturated carbocycles. The fraction of sp³-hybridized carbons (Fsp3) is 0.545. The Morgan fingerprint density at radius 2 is 2.18 bits per heavy atom. The topological polar surface area (TPSA) is 76.3 Å². The van der Waals surface area contributed by atoms with E-state index >= 15 is 0 Å². The first-order chi connectivity index (χ1) is 7.82. The van der Waals surface area contributed by atoms with Gasteiger partial charge in [0.25, 0.3) is 0 Å². The summed E-state index contributed by atoms with van der Waals surface area (Å²) in [7, 11) is -1.43. The fourth-order valence-corrected chi connectivity index (χ4v) is 2.33. The van der Waals surface area contributed by atoms with Crippen molar-refractivity contribution in [1.29, 1.82) is 0 Å². The van der Waals surface area contributed by atoms with Crippen LogP contribution in [0.5, 0.6) is 0 Å². The van der Waals surface area contributed by atoms with Gasteiger partial charge in [-0.2, -0.15) is 0 Å². The molecule has 1 atom stereocenters. The van der Waals surface area contributed by atoms with Crippen molar-refractivity contribution in [3.63, 3.8) is 0 Å². The van der Waals surface area contributed by atoms with E-state index in [0.29, 0.717) is 12.4 Å². The highest BCUT2D eigenvalue weighted by atomic mass is 32.2. The Bertz CT molecular complexity index is 471. The molecule has 1 aromatic heterocycles. The van der Waals surface area contributed by atoms with Crippen LogP contribution in [0.1, 0.15) is 13.3 Å². The van der Waals surface area contributed by atoms with Gasteiger partial charge in [-0.25, -0.2) is 13.4 Å². The molecule has 0 radical (unpaired) electrons. The van der Waals surface area contributed by atoms with Crippen LogP contribution >= 0.6 is 0 Å². The van der Waals surface area contributed by atoms with Gasteiger partial charge in [-0.3, -0.25) is 0 Å². The summed E-state index contributed by atoms with van der Waals surface area (Å²) in [4.78, 5) is 6.20. The van der Waals surface area contributed by atoms with Crippen molar-refractivity contribution in [3.8, 4) is 0 Å². The molecule has 0 saturated heterocycles. The number of rotatable bonds is 5. The molecule has 5 nitrogen and oxygen atoms in total. The molecule has 0 spiro atoms. The average molecular weight is 257 g/mol. The molecule has 0 bridgehead atoms. The van der Waals surface area contributed by atoms with Crippen LogP contribution < -0.4 is 10.6 Å². The number of nitrogens with zero attached hydrogens (tertiary/aromatic N) is 2. The predicted molar refractivity (Wildman–Crippen MR) is 68.9 cm³/mol. The number of hydrogen-bond donors (Lipinski definition) is 1. The molecule has 2 N–H and O–H groups in total. The van der Waals surface area contributed by atoms with Crippen LogP contribution in [0.4, 0.5) is 5.82 Å². The molecule has 6 heteroatoms. The van der Waals surface area contributed by atoms with E-state index in [4.69, 9.17) is 5.73 Å². The van der Waals surface area contributed by atoms with Crippen molar-refractivity contribution >= 4 is 15.7 Å². The SMILES string of the molecule is CC(N)CCN(C)c1ncccc1S(C)(=O)=O. The molecule has 1 heterocycles. The summed E-state index contributed by atoms with van der Waals surface area (Å²) in [5.74, 6) is 0.482. The molecule has 17 heavy (non-hydrogen) atoms.